The van der Waals surface area contributed by atoms with E-state index in [-0.39, 0.29) is 23.8 Å². The molecule has 0 radical (unpaired) electrons. The highest BCUT2D eigenvalue weighted by Gasteiger charge is 2.47. The van der Waals surface area contributed by atoms with Crippen LogP contribution in [0.15, 0.2) is 47.1 Å². The summed E-state index contributed by atoms with van der Waals surface area (Å²) in [6.07, 6.45) is 2.54. The van der Waals surface area contributed by atoms with Gasteiger partial charge in [0.05, 0.1) is 25.0 Å². The maximum atomic E-state index is 12.7. The van der Waals surface area contributed by atoms with Gasteiger partial charge < -0.3 is 19.0 Å². The number of furan rings is 1. The Morgan fingerprint density at radius 3 is 2.88 bits per heavy atom. The van der Waals surface area contributed by atoms with Gasteiger partial charge in [-0.25, -0.2) is 0 Å². The molecule has 5 nitrogen and oxygen atoms in total. The second-order valence-electron chi connectivity index (χ2n) is 6.93. The van der Waals surface area contributed by atoms with Gasteiger partial charge in [0.1, 0.15) is 17.6 Å². The first-order chi connectivity index (χ1) is 12.2. The number of carbonyl (C=O) groups excluding carboxylic acids is 1. The zero-order valence-electron chi connectivity index (χ0n) is 14.7. The van der Waals surface area contributed by atoms with Crippen LogP contribution in [-0.2, 0) is 4.79 Å². The first-order valence-corrected chi connectivity index (χ1v) is 8.96. The van der Waals surface area contributed by atoms with Crippen molar-refractivity contribution in [3.05, 3.63) is 48.4 Å². The van der Waals surface area contributed by atoms with E-state index in [1.54, 1.807) is 6.26 Å². The first kappa shape index (κ1) is 16.1. The van der Waals surface area contributed by atoms with Gasteiger partial charge in [0.2, 0.25) is 5.91 Å². The summed E-state index contributed by atoms with van der Waals surface area (Å²) in [6, 6.07) is 11.9. The molecule has 132 valence electrons. The van der Waals surface area contributed by atoms with Crippen LogP contribution in [0.1, 0.15) is 25.0 Å². The van der Waals surface area contributed by atoms with Crippen LogP contribution in [-0.4, -0.2) is 43.6 Å². The lowest BCUT2D eigenvalue weighted by molar-refractivity contribution is -0.132. The van der Waals surface area contributed by atoms with E-state index in [0.717, 1.165) is 36.7 Å². The number of ether oxygens (including phenoxy) is 1. The summed E-state index contributed by atoms with van der Waals surface area (Å²) >= 11 is 0. The summed E-state index contributed by atoms with van der Waals surface area (Å²) in [7, 11) is 1.88. The molecule has 1 aliphatic carbocycles. The van der Waals surface area contributed by atoms with Crippen molar-refractivity contribution in [2.45, 2.75) is 25.4 Å². The van der Waals surface area contributed by atoms with Crippen LogP contribution in [0.2, 0.25) is 0 Å². The lowest BCUT2D eigenvalue weighted by atomic mass is 10.1. The largest absolute Gasteiger partial charge is 0.485 e. The third-order valence-electron chi connectivity index (χ3n) is 5.18. The van der Waals surface area contributed by atoms with Crippen molar-refractivity contribution in [2.75, 3.05) is 31.6 Å². The van der Waals surface area contributed by atoms with E-state index in [0.29, 0.717) is 6.54 Å². The molecule has 1 aliphatic heterocycles. The van der Waals surface area contributed by atoms with Crippen LogP contribution in [0.4, 0.5) is 5.69 Å². The van der Waals surface area contributed by atoms with Crippen molar-refractivity contribution in [1.82, 2.24) is 4.90 Å². The fraction of sp³-hybridized carbons (Fsp3) is 0.450. The number of anilines is 1. The van der Waals surface area contributed by atoms with Gasteiger partial charge in [-0.05, 0) is 37.6 Å². The first-order valence-electron chi connectivity index (χ1n) is 8.96. The van der Waals surface area contributed by atoms with Crippen molar-refractivity contribution in [1.29, 1.82) is 0 Å². The third kappa shape index (κ3) is 3.11. The molecule has 0 bridgehead atoms. The Morgan fingerprint density at radius 1 is 1.28 bits per heavy atom. The summed E-state index contributed by atoms with van der Waals surface area (Å²) in [5.41, 5.74) is 1.13. The molecule has 3 unspecified atom stereocenters. The number of para-hydroxylation sites is 2. The highest BCUT2D eigenvalue weighted by molar-refractivity contribution is 5.82. The second-order valence-corrected chi connectivity index (χ2v) is 6.93. The lowest BCUT2D eigenvalue weighted by Crippen LogP contribution is -2.47. The molecule has 1 aromatic carbocycles. The third-order valence-corrected chi connectivity index (χ3v) is 5.18. The molecule has 0 saturated heterocycles. The number of hydrogen-bond acceptors (Lipinski definition) is 4. The second kappa shape index (κ2) is 6.47. The van der Waals surface area contributed by atoms with Gasteiger partial charge in [-0.3, -0.25) is 4.79 Å². The summed E-state index contributed by atoms with van der Waals surface area (Å²) < 4.78 is 11.6. The Balaban J connectivity index is 1.38. The molecule has 2 heterocycles. The van der Waals surface area contributed by atoms with Crippen LogP contribution >= 0.6 is 0 Å². The van der Waals surface area contributed by atoms with Crippen molar-refractivity contribution in [3.63, 3.8) is 0 Å². The lowest BCUT2D eigenvalue weighted by Gasteiger charge is -2.37. The normalized spacial score (nSPS) is 24.4. The van der Waals surface area contributed by atoms with E-state index in [9.17, 15) is 4.79 Å². The molecule has 3 atom stereocenters. The Kier molecular flexibility index (Phi) is 4.15. The summed E-state index contributed by atoms with van der Waals surface area (Å²) in [6.45, 7) is 4.48. The molecule has 4 rings (SSSR count). The van der Waals surface area contributed by atoms with Gasteiger partial charge >= 0.3 is 0 Å². The van der Waals surface area contributed by atoms with E-state index in [2.05, 4.69) is 17.9 Å². The number of carbonyl (C=O) groups is 1. The Morgan fingerprint density at radius 2 is 2.12 bits per heavy atom. The van der Waals surface area contributed by atoms with Gasteiger partial charge in [-0.1, -0.05) is 12.1 Å². The number of likely N-dealkylation sites (N-methyl/N-ethyl adjacent to an activating group) is 2. The maximum absolute atomic E-state index is 12.7. The molecule has 0 spiro atoms. The van der Waals surface area contributed by atoms with Crippen molar-refractivity contribution < 1.29 is 13.9 Å². The molecular weight excluding hydrogens is 316 g/mol. The van der Waals surface area contributed by atoms with Crippen molar-refractivity contribution in [3.8, 4) is 5.75 Å². The zero-order valence-corrected chi connectivity index (χ0v) is 14.7. The van der Waals surface area contributed by atoms with Crippen LogP contribution in [0.5, 0.6) is 5.75 Å². The zero-order chi connectivity index (χ0) is 17.4. The van der Waals surface area contributed by atoms with Gasteiger partial charge in [-0.2, -0.15) is 0 Å². The molecule has 2 aromatic rings. The molecule has 5 heteroatoms. The molecule has 0 N–H and O–H groups in total. The summed E-state index contributed by atoms with van der Waals surface area (Å²) in [5.74, 6) is 2.30. The van der Waals surface area contributed by atoms with Crippen LogP contribution in [0.25, 0.3) is 0 Å². The Bertz CT molecular complexity index is 743. The summed E-state index contributed by atoms with van der Waals surface area (Å²) in [5, 5.41) is 0. The van der Waals surface area contributed by atoms with Gasteiger partial charge in [0, 0.05) is 25.4 Å². The predicted molar refractivity (Wildman–Crippen MR) is 95.9 cm³/mol. The average Bonchev–Trinajstić information content (AvgIpc) is 3.24. The van der Waals surface area contributed by atoms with Crippen LogP contribution in [0.3, 0.4) is 0 Å². The molecule has 25 heavy (non-hydrogen) atoms. The highest BCUT2D eigenvalue weighted by Crippen LogP contribution is 2.48. The van der Waals surface area contributed by atoms with Crippen molar-refractivity contribution >= 4 is 11.6 Å². The SMILES string of the molecule is CCN1CC(CN(C)C(=O)C2CC2c2ccco2)Oc2ccccc21. The predicted octanol–water partition coefficient (Wildman–Crippen LogP) is 3.13. The minimum atomic E-state index is -0.00962. The van der Waals surface area contributed by atoms with E-state index in [1.807, 2.05) is 42.3 Å². The van der Waals surface area contributed by atoms with E-state index >= 15 is 0 Å². The number of benzene rings is 1. The Hall–Kier alpha value is -2.43. The quantitative estimate of drug-likeness (QED) is 0.839. The monoisotopic (exact) mass is 340 g/mol. The van der Waals surface area contributed by atoms with Gasteiger partial charge in [-0.15, -0.1) is 0 Å². The van der Waals surface area contributed by atoms with Crippen molar-refractivity contribution in [2.24, 2.45) is 5.92 Å². The molecule has 1 amide bonds. The van der Waals surface area contributed by atoms with E-state index in [4.69, 9.17) is 9.15 Å². The number of fused-ring (bicyclic) bond motifs is 1. The smallest absolute Gasteiger partial charge is 0.226 e. The molecule has 1 aromatic heterocycles. The topological polar surface area (TPSA) is 45.9 Å². The minimum absolute atomic E-state index is 0.00962. The highest BCUT2D eigenvalue weighted by atomic mass is 16.5. The van der Waals surface area contributed by atoms with Crippen LogP contribution in [0, 0.1) is 5.92 Å². The number of amides is 1. The van der Waals surface area contributed by atoms with Gasteiger partial charge in [0.15, 0.2) is 0 Å². The maximum Gasteiger partial charge on any atom is 0.226 e. The molecule has 2 aliphatic rings. The number of rotatable bonds is 5. The van der Waals surface area contributed by atoms with E-state index in [1.165, 1.54) is 0 Å². The number of nitrogens with zero attached hydrogens (tertiary/aromatic N) is 2. The van der Waals surface area contributed by atoms with Crippen LogP contribution < -0.4 is 9.64 Å². The minimum Gasteiger partial charge on any atom is -0.485 e. The molecule has 1 fully saturated rings. The average molecular weight is 340 g/mol. The standard InChI is InChI=1S/C20H24N2O3/c1-3-22-13-14(25-19-8-5-4-7-17(19)22)12-21(2)20(23)16-11-15(16)18-9-6-10-24-18/h4-10,14-16H,3,11-13H2,1-2H3. The van der Waals surface area contributed by atoms with Gasteiger partial charge in [0.25, 0.3) is 0 Å². The fourth-order valence-electron chi connectivity index (χ4n) is 3.74. The van der Waals surface area contributed by atoms with E-state index < -0.39 is 0 Å². The molecular formula is C20H24N2O3. The summed E-state index contributed by atoms with van der Waals surface area (Å²) in [4.78, 5) is 16.8. The Labute approximate surface area is 148 Å². The fourth-order valence-corrected chi connectivity index (χ4v) is 3.74. The number of hydrogen-bond donors (Lipinski definition) is 0. The molecule has 1 saturated carbocycles.